The highest BCUT2D eigenvalue weighted by molar-refractivity contribution is 6.42. The van der Waals surface area contributed by atoms with Crippen molar-refractivity contribution in [3.63, 3.8) is 0 Å². The second-order valence-electron chi connectivity index (χ2n) is 5.41. The molecule has 0 aliphatic heterocycles. The highest BCUT2D eigenvalue weighted by Gasteiger charge is 2.32. The summed E-state index contributed by atoms with van der Waals surface area (Å²) in [7, 11) is 0. The van der Waals surface area contributed by atoms with Gasteiger partial charge in [-0.15, -0.1) is 0 Å². The van der Waals surface area contributed by atoms with E-state index in [0.717, 1.165) is 32.1 Å². The van der Waals surface area contributed by atoms with Crippen LogP contribution in [0.1, 0.15) is 32.1 Å². The molecule has 0 unspecified atom stereocenters. The van der Waals surface area contributed by atoms with E-state index in [4.69, 9.17) is 27.9 Å². The average molecular weight is 332 g/mol. The fourth-order valence-corrected chi connectivity index (χ4v) is 2.89. The van der Waals surface area contributed by atoms with E-state index < -0.39 is 5.54 Å². The van der Waals surface area contributed by atoms with Gasteiger partial charge in [-0.3, -0.25) is 4.79 Å². The zero-order chi connectivity index (χ0) is 15.3. The Labute approximate surface area is 134 Å². The van der Waals surface area contributed by atoms with Crippen LogP contribution in [0, 0.1) is 0 Å². The number of aliphatic hydroxyl groups excluding tert-OH is 1. The SMILES string of the molecule is O=C(COc1ccc(Cl)c(Cl)c1)NC1(CO)CCCCC1. The van der Waals surface area contributed by atoms with Gasteiger partial charge in [0, 0.05) is 6.07 Å². The molecule has 2 N–H and O–H groups in total. The van der Waals surface area contributed by atoms with Crippen LogP contribution in [0.15, 0.2) is 18.2 Å². The summed E-state index contributed by atoms with van der Waals surface area (Å²) in [5.41, 5.74) is -0.490. The molecule has 1 aromatic carbocycles. The lowest BCUT2D eigenvalue weighted by atomic mass is 9.82. The molecule has 1 aliphatic carbocycles. The van der Waals surface area contributed by atoms with Gasteiger partial charge in [0.2, 0.25) is 0 Å². The van der Waals surface area contributed by atoms with Crippen LogP contribution < -0.4 is 10.1 Å². The average Bonchev–Trinajstić information content (AvgIpc) is 2.49. The number of amides is 1. The van der Waals surface area contributed by atoms with Gasteiger partial charge in [0.25, 0.3) is 5.91 Å². The molecule has 0 spiro atoms. The van der Waals surface area contributed by atoms with E-state index in [-0.39, 0.29) is 19.1 Å². The molecule has 1 amide bonds. The first kappa shape index (κ1) is 16.4. The van der Waals surface area contributed by atoms with Crippen molar-refractivity contribution in [2.75, 3.05) is 13.2 Å². The van der Waals surface area contributed by atoms with E-state index in [1.165, 1.54) is 0 Å². The molecule has 4 nitrogen and oxygen atoms in total. The van der Waals surface area contributed by atoms with Crippen molar-refractivity contribution < 1.29 is 14.6 Å². The predicted molar refractivity (Wildman–Crippen MR) is 83.0 cm³/mol. The van der Waals surface area contributed by atoms with Crippen molar-refractivity contribution in [2.24, 2.45) is 0 Å². The Morgan fingerprint density at radius 1 is 1.24 bits per heavy atom. The normalized spacial score (nSPS) is 17.3. The summed E-state index contributed by atoms with van der Waals surface area (Å²) in [4.78, 5) is 12.0. The second-order valence-corrected chi connectivity index (χ2v) is 6.23. The number of carbonyl (C=O) groups is 1. The van der Waals surface area contributed by atoms with E-state index in [0.29, 0.717) is 15.8 Å². The molecule has 0 heterocycles. The molecule has 2 rings (SSSR count). The summed E-state index contributed by atoms with van der Waals surface area (Å²) < 4.78 is 5.40. The number of halogens is 2. The fraction of sp³-hybridized carbons (Fsp3) is 0.533. The van der Waals surface area contributed by atoms with Gasteiger partial charge in [0.05, 0.1) is 22.2 Å². The number of ether oxygens (including phenoxy) is 1. The number of hydrogen-bond donors (Lipinski definition) is 2. The van der Waals surface area contributed by atoms with Gasteiger partial charge in [0.15, 0.2) is 6.61 Å². The van der Waals surface area contributed by atoms with Crippen molar-refractivity contribution in [1.29, 1.82) is 0 Å². The minimum atomic E-state index is -0.490. The molecule has 1 aromatic rings. The largest absolute Gasteiger partial charge is 0.484 e. The molecule has 1 saturated carbocycles. The maximum absolute atomic E-state index is 12.0. The van der Waals surface area contributed by atoms with Gasteiger partial charge in [-0.25, -0.2) is 0 Å². The van der Waals surface area contributed by atoms with Crippen molar-refractivity contribution in [3.8, 4) is 5.75 Å². The topological polar surface area (TPSA) is 58.6 Å². The number of benzene rings is 1. The molecule has 21 heavy (non-hydrogen) atoms. The number of rotatable bonds is 5. The first-order chi connectivity index (χ1) is 10.0. The van der Waals surface area contributed by atoms with Crippen LogP contribution in [-0.2, 0) is 4.79 Å². The first-order valence-electron chi connectivity index (χ1n) is 7.04. The molecule has 0 aromatic heterocycles. The second kappa shape index (κ2) is 7.34. The summed E-state index contributed by atoms with van der Waals surface area (Å²) in [5, 5.41) is 13.3. The standard InChI is InChI=1S/C15H19Cl2NO3/c16-12-5-4-11(8-13(12)17)21-9-14(20)18-15(10-19)6-2-1-3-7-15/h4-5,8,19H,1-3,6-7,9-10H2,(H,18,20). The smallest absolute Gasteiger partial charge is 0.258 e. The Bertz CT molecular complexity index is 502. The van der Waals surface area contributed by atoms with Crippen molar-refractivity contribution in [1.82, 2.24) is 5.32 Å². The number of aliphatic hydroxyl groups is 1. The molecule has 1 aliphatic rings. The van der Waals surface area contributed by atoms with E-state index in [1.54, 1.807) is 18.2 Å². The fourth-order valence-electron chi connectivity index (χ4n) is 2.60. The Morgan fingerprint density at radius 3 is 2.57 bits per heavy atom. The van der Waals surface area contributed by atoms with Crippen LogP contribution in [-0.4, -0.2) is 29.8 Å². The van der Waals surface area contributed by atoms with E-state index in [9.17, 15) is 9.90 Å². The first-order valence-corrected chi connectivity index (χ1v) is 7.80. The van der Waals surface area contributed by atoms with E-state index in [1.807, 2.05) is 0 Å². The number of hydrogen-bond acceptors (Lipinski definition) is 3. The molecule has 6 heteroatoms. The Balaban J connectivity index is 1.87. The lowest BCUT2D eigenvalue weighted by Crippen LogP contribution is -2.53. The Hall–Kier alpha value is -0.970. The Morgan fingerprint density at radius 2 is 1.95 bits per heavy atom. The summed E-state index contributed by atoms with van der Waals surface area (Å²) in [5.74, 6) is 0.248. The van der Waals surface area contributed by atoms with Crippen LogP contribution in [0.2, 0.25) is 10.0 Å². The van der Waals surface area contributed by atoms with Crippen LogP contribution in [0.4, 0.5) is 0 Å². The molecule has 0 saturated heterocycles. The quantitative estimate of drug-likeness (QED) is 0.871. The van der Waals surface area contributed by atoms with Gasteiger partial charge in [-0.2, -0.15) is 0 Å². The van der Waals surface area contributed by atoms with Crippen LogP contribution >= 0.6 is 23.2 Å². The van der Waals surface area contributed by atoms with Gasteiger partial charge >= 0.3 is 0 Å². The summed E-state index contributed by atoms with van der Waals surface area (Å²) >= 11 is 11.7. The predicted octanol–water partition coefficient (Wildman–Crippen LogP) is 3.18. The lowest BCUT2D eigenvalue weighted by molar-refractivity contribution is -0.126. The van der Waals surface area contributed by atoms with Crippen LogP contribution in [0.25, 0.3) is 0 Å². The van der Waals surface area contributed by atoms with Gasteiger partial charge < -0.3 is 15.2 Å². The molecular formula is C15H19Cl2NO3. The van der Waals surface area contributed by atoms with Gasteiger partial charge in [-0.1, -0.05) is 42.5 Å². The minimum Gasteiger partial charge on any atom is -0.484 e. The van der Waals surface area contributed by atoms with Crippen molar-refractivity contribution >= 4 is 29.1 Å². The molecule has 1 fully saturated rings. The van der Waals surface area contributed by atoms with E-state index >= 15 is 0 Å². The third-order valence-electron chi connectivity index (χ3n) is 3.78. The monoisotopic (exact) mass is 331 g/mol. The summed E-state index contributed by atoms with van der Waals surface area (Å²) in [6, 6.07) is 4.84. The van der Waals surface area contributed by atoms with Crippen molar-refractivity contribution in [3.05, 3.63) is 28.2 Å². The maximum atomic E-state index is 12.0. The Kier molecular flexibility index (Phi) is 5.73. The lowest BCUT2D eigenvalue weighted by Gasteiger charge is -2.36. The molecular weight excluding hydrogens is 313 g/mol. The maximum Gasteiger partial charge on any atom is 0.258 e. The third-order valence-corrected chi connectivity index (χ3v) is 4.52. The molecule has 0 bridgehead atoms. The number of carbonyl (C=O) groups excluding carboxylic acids is 1. The van der Waals surface area contributed by atoms with Gasteiger partial charge in [0.1, 0.15) is 5.75 Å². The molecule has 0 atom stereocenters. The van der Waals surface area contributed by atoms with E-state index in [2.05, 4.69) is 5.32 Å². The van der Waals surface area contributed by atoms with Crippen LogP contribution in [0.5, 0.6) is 5.75 Å². The zero-order valence-electron chi connectivity index (χ0n) is 11.7. The highest BCUT2D eigenvalue weighted by Crippen LogP contribution is 2.28. The van der Waals surface area contributed by atoms with Gasteiger partial charge in [-0.05, 0) is 25.0 Å². The third kappa shape index (κ3) is 4.50. The highest BCUT2D eigenvalue weighted by atomic mass is 35.5. The summed E-state index contributed by atoms with van der Waals surface area (Å²) in [6.07, 6.45) is 4.81. The van der Waals surface area contributed by atoms with Crippen molar-refractivity contribution in [2.45, 2.75) is 37.6 Å². The number of nitrogens with one attached hydrogen (secondary N) is 1. The minimum absolute atomic E-state index is 0.0362. The molecule has 0 radical (unpaired) electrons. The zero-order valence-corrected chi connectivity index (χ0v) is 13.2. The summed E-state index contributed by atoms with van der Waals surface area (Å²) in [6.45, 7) is -0.148. The molecule has 116 valence electrons. The van der Waals surface area contributed by atoms with Crippen LogP contribution in [0.3, 0.4) is 0 Å².